The van der Waals surface area contributed by atoms with Crippen molar-refractivity contribution in [3.8, 4) is 5.69 Å². The molecule has 7 nitrogen and oxygen atoms in total. The van der Waals surface area contributed by atoms with Gasteiger partial charge < -0.3 is 5.32 Å². The topological polar surface area (TPSA) is 93.9 Å². The first-order valence-electron chi connectivity index (χ1n) is 11.7. The van der Waals surface area contributed by atoms with Gasteiger partial charge in [0.1, 0.15) is 5.82 Å². The van der Waals surface area contributed by atoms with Crippen molar-refractivity contribution in [2.75, 3.05) is 5.75 Å². The Labute approximate surface area is 211 Å². The number of pyridine rings is 1. The quantitative estimate of drug-likeness (QED) is 0.302. The van der Waals surface area contributed by atoms with E-state index >= 15 is 0 Å². The SMILES string of the molecule is C=C(CC)CC=C(C(=O)NC(C)c1cncc(S(=O)(=O)CC)c1)c1cnn(-c2ccc(F)cc2)c1C. The van der Waals surface area contributed by atoms with E-state index in [-0.39, 0.29) is 22.4 Å². The van der Waals surface area contributed by atoms with E-state index in [1.165, 1.54) is 24.4 Å². The molecule has 9 heteroatoms. The highest BCUT2D eigenvalue weighted by atomic mass is 32.2. The van der Waals surface area contributed by atoms with E-state index in [4.69, 9.17) is 0 Å². The third-order valence-corrected chi connectivity index (χ3v) is 7.73. The van der Waals surface area contributed by atoms with Crippen molar-refractivity contribution in [2.45, 2.75) is 51.5 Å². The number of halogens is 1. The number of hydrogen-bond acceptors (Lipinski definition) is 5. The Bertz CT molecular complexity index is 1390. The molecule has 1 aromatic carbocycles. The first kappa shape index (κ1) is 27.0. The van der Waals surface area contributed by atoms with Gasteiger partial charge in [0.2, 0.25) is 0 Å². The Hall–Kier alpha value is -3.59. The van der Waals surface area contributed by atoms with Crippen LogP contribution in [0, 0.1) is 12.7 Å². The third-order valence-electron chi connectivity index (χ3n) is 6.03. The molecule has 0 spiro atoms. The van der Waals surface area contributed by atoms with Gasteiger partial charge in [-0.2, -0.15) is 5.10 Å². The van der Waals surface area contributed by atoms with Crippen LogP contribution in [-0.2, 0) is 14.6 Å². The zero-order valence-electron chi connectivity index (χ0n) is 21.0. The predicted octanol–water partition coefficient (Wildman–Crippen LogP) is 5.13. The van der Waals surface area contributed by atoms with Crippen LogP contribution in [0.25, 0.3) is 11.3 Å². The number of carbonyl (C=O) groups is 1. The summed E-state index contributed by atoms with van der Waals surface area (Å²) in [4.78, 5) is 17.7. The summed E-state index contributed by atoms with van der Waals surface area (Å²) in [5.41, 5.74) is 4.00. The molecule has 0 aliphatic rings. The number of hydrogen-bond donors (Lipinski definition) is 1. The maximum atomic E-state index is 13.5. The number of carbonyl (C=O) groups excluding carboxylic acids is 1. The molecule has 1 atom stereocenters. The smallest absolute Gasteiger partial charge is 0.252 e. The van der Waals surface area contributed by atoms with Crippen LogP contribution < -0.4 is 5.32 Å². The van der Waals surface area contributed by atoms with E-state index in [9.17, 15) is 17.6 Å². The van der Waals surface area contributed by atoms with Crippen molar-refractivity contribution in [2.24, 2.45) is 0 Å². The zero-order chi connectivity index (χ0) is 26.5. The van der Waals surface area contributed by atoms with E-state index in [0.29, 0.717) is 28.8 Å². The van der Waals surface area contributed by atoms with Crippen molar-refractivity contribution in [3.05, 3.63) is 89.8 Å². The van der Waals surface area contributed by atoms with Crippen LogP contribution in [0.1, 0.15) is 56.5 Å². The summed E-state index contributed by atoms with van der Waals surface area (Å²) in [6.45, 7) is 11.2. The number of sulfone groups is 1. The molecule has 0 saturated heterocycles. The fraction of sp³-hybridized carbons (Fsp3) is 0.296. The first-order chi connectivity index (χ1) is 17.1. The maximum absolute atomic E-state index is 13.5. The summed E-state index contributed by atoms with van der Waals surface area (Å²) >= 11 is 0. The molecule has 3 rings (SSSR count). The Morgan fingerprint density at radius 2 is 1.89 bits per heavy atom. The molecular weight excluding hydrogens is 479 g/mol. The molecule has 1 unspecified atom stereocenters. The summed E-state index contributed by atoms with van der Waals surface area (Å²) in [6.07, 6.45) is 7.58. The van der Waals surface area contributed by atoms with Crippen molar-refractivity contribution in [1.29, 1.82) is 0 Å². The van der Waals surface area contributed by atoms with Crippen molar-refractivity contribution in [1.82, 2.24) is 20.1 Å². The van der Waals surface area contributed by atoms with Crippen molar-refractivity contribution < 1.29 is 17.6 Å². The van der Waals surface area contributed by atoms with E-state index in [1.54, 1.807) is 43.1 Å². The second-order valence-corrected chi connectivity index (χ2v) is 10.8. The summed E-state index contributed by atoms with van der Waals surface area (Å²) in [7, 11) is -3.43. The lowest BCUT2D eigenvalue weighted by Gasteiger charge is -2.17. The molecule has 0 aliphatic heterocycles. The monoisotopic (exact) mass is 510 g/mol. The molecule has 0 saturated carbocycles. The van der Waals surface area contributed by atoms with Gasteiger partial charge >= 0.3 is 0 Å². The lowest BCUT2D eigenvalue weighted by Crippen LogP contribution is -2.28. The number of benzene rings is 1. The van der Waals surface area contributed by atoms with Crippen LogP contribution in [0.15, 0.2) is 72.0 Å². The molecule has 1 amide bonds. The minimum atomic E-state index is -3.43. The second kappa shape index (κ2) is 11.4. The van der Waals surface area contributed by atoms with Crippen LogP contribution >= 0.6 is 0 Å². The highest BCUT2D eigenvalue weighted by molar-refractivity contribution is 7.91. The molecule has 2 aromatic heterocycles. The Morgan fingerprint density at radius 1 is 1.19 bits per heavy atom. The molecule has 36 heavy (non-hydrogen) atoms. The van der Waals surface area contributed by atoms with E-state index < -0.39 is 15.9 Å². The largest absolute Gasteiger partial charge is 0.345 e. The van der Waals surface area contributed by atoms with Gasteiger partial charge in [-0.25, -0.2) is 17.5 Å². The van der Waals surface area contributed by atoms with Crippen molar-refractivity contribution >= 4 is 21.3 Å². The molecule has 190 valence electrons. The minimum absolute atomic E-state index is 0.0373. The third kappa shape index (κ3) is 6.15. The van der Waals surface area contributed by atoms with Gasteiger partial charge in [-0.15, -0.1) is 0 Å². The highest BCUT2D eigenvalue weighted by Crippen LogP contribution is 2.25. The molecule has 0 fully saturated rings. The van der Waals surface area contributed by atoms with Gasteiger partial charge in [-0.3, -0.25) is 9.78 Å². The van der Waals surface area contributed by atoms with Gasteiger partial charge in [0.15, 0.2) is 9.84 Å². The lowest BCUT2D eigenvalue weighted by molar-refractivity contribution is -0.116. The number of nitrogens with zero attached hydrogens (tertiary/aromatic N) is 3. The zero-order valence-corrected chi connectivity index (χ0v) is 21.8. The van der Waals surface area contributed by atoms with Crippen LogP contribution in [0.4, 0.5) is 4.39 Å². The van der Waals surface area contributed by atoms with Gasteiger partial charge in [-0.1, -0.05) is 32.1 Å². The van der Waals surface area contributed by atoms with Crippen LogP contribution in [0.2, 0.25) is 0 Å². The van der Waals surface area contributed by atoms with Crippen LogP contribution in [0.3, 0.4) is 0 Å². The van der Waals surface area contributed by atoms with Crippen LogP contribution in [0.5, 0.6) is 0 Å². The molecule has 3 aromatic rings. The fourth-order valence-electron chi connectivity index (χ4n) is 3.60. The number of nitrogens with one attached hydrogen (secondary N) is 1. The number of rotatable bonds is 10. The van der Waals surface area contributed by atoms with E-state index in [0.717, 1.165) is 17.7 Å². The molecule has 1 N–H and O–H groups in total. The summed E-state index contributed by atoms with van der Waals surface area (Å²) in [5.74, 6) is -0.720. The van der Waals surface area contributed by atoms with Gasteiger partial charge in [0.05, 0.1) is 28.6 Å². The molecular formula is C27H31FN4O3S. The first-order valence-corrected chi connectivity index (χ1v) is 13.4. The molecule has 0 bridgehead atoms. The highest BCUT2D eigenvalue weighted by Gasteiger charge is 2.21. The summed E-state index contributed by atoms with van der Waals surface area (Å²) < 4.78 is 39.6. The fourth-order valence-corrected chi connectivity index (χ4v) is 4.47. The molecule has 0 aliphatic carbocycles. The Kier molecular flexibility index (Phi) is 8.57. The number of allylic oxidation sites excluding steroid dienone is 2. The average Bonchev–Trinajstić information content (AvgIpc) is 3.25. The normalized spacial score (nSPS) is 12.9. The van der Waals surface area contributed by atoms with Gasteiger partial charge in [0, 0.05) is 29.2 Å². The van der Waals surface area contributed by atoms with Gasteiger partial charge in [-0.05, 0) is 62.6 Å². The summed E-state index contributed by atoms with van der Waals surface area (Å²) in [6, 6.07) is 6.99. The number of aromatic nitrogens is 3. The second-order valence-electron chi connectivity index (χ2n) is 8.51. The Balaban J connectivity index is 1.94. The summed E-state index contributed by atoms with van der Waals surface area (Å²) in [5, 5.41) is 7.38. The Morgan fingerprint density at radius 3 is 2.53 bits per heavy atom. The van der Waals surface area contributed by atoms with Gasteiger partial charge in [0.25, 0.3) is 5.91 Å². The maximum Gasteiger partial charge on any atom is 0.252 e. The van der Waals surface area contributed by atoms with Crippen molar-refractivity contribution in [3.63, 3.8) is 0 Å². The molecule has 2 heterocycles. The van der Waals surface area contributed by atoms with Crippen LogP contribution in [-0.4, -0.2) is 34.8 Å². The lowest BCUT2D eigenvalue weighted by atomic mass is 10.0. The van der Waals surface area contributed by atoms with E-state index in [2.05, 4.69) is 22.0 Å². The standard InChI is InChI=1S/C27H31FN4O3S/c1-6-18(3)8-13-25(26-17-30-32(20(26)5)23-11-9-22(28)10-12-23)27(33)31-19(4)21-14-24(16-29-15-21)36(34,35)7-2/h9-17,19H,3,6-8H2,1-2,4-5H3,(H,31,33). The average molecular weight is 511 g/mol. The van der Waals surface area contributed by atoms with E-state index in [1.807, 2.05) is 19.9 Å². The molecule has 0 radical (unpaired) electrons. The minimum Gasteiger partial charge on any atom is -0.345 e. The predicted molar refractivity (Wildman–Crippen MR) is 139 cm³/mol. The number of amides is 1.